The number of hydrazone groups is 1. The molecule has 2 fully saturated rings. The molecular formula is C29H29N3O5. The Morgan fingerprint density at radius 2 is 1.46 bits per heavy atom. The minimum Gasteiger partial charge on any atom is -0.508 e. The van der Waals surface area contributed by atoms with E-state index in [9.17, 15) is 19.8 Å². The summed E-state index contributed by atoms with van der Waals surface area (Å²) >= 11 is 0. The zero-order valence-electron chi connectivity index (χ0n) is 20.2. The molecule has 1 aliphatic carbocycles. The van der Waals surface area contributed by atoms with Gasteiger partial charge in [-0.3, -0.25) is 9.59 Å². The van der Waals surface area contributed by atoms with Crippen LogP contribution in [0.4, 0.5) is 0 Å². The summed E-state index contributed by atoms with van der Waals surface area (Å²) in [5.41, 5.74) is 4.84. The Morgan fingerprint density at radius 1 is 0.865 bits per heavy atom. The fraction of sp³-hybridized carbons (Fsp3) is 0.276. The molecule has 0 aromatic heterocycles. The highest BCUT2D eigenvalue weighted by Crippen LogP contribution is 2.58. The molecule has 3 aromatic rings. The van der Waals surface area contributed by atoms with Gasteiger partial charge in [-0.15, -0.1) is 0 Å². The Morgan fingerprint density at radius 3 is 2.03 bits per heavy atom. The summed E-state index contributed by atoms with van der Waals surface area (Å²) in [6.45, 7) is 2.09. The van der Waals surface area contributed by atoms with Crippen molar-refractivity contribution in [2.75, 3.05) is 26.3 Å². The van der Waals surface area contributed by atoms with E-state index in [0.717, 1.165) is 11.1 Å². The van der Waals surface area contributed by atoms with E-state index >= 15 is 0 Å². The molecule has 190 valence electrons. The summed E-state index contributed by atoms with van der Waals surface area (Å²) in [7, 11) is 0. The fourth-order valence-electron chi connectivity index (χ4n) is 5.44. The van der Waals surface area contributed by atoms with Crippen molar-refractivity contribution in [3.8, 4) is 11.5 Å². The largest absolute Gasteiger partial charge is 0.508 e. The number of ether oxygens (including phenoxy) is 1. The van der Waals surface area contributed by atoms with Crippen molar-refractivity contribution in [2.24, 2.45) is 16.9 Å². The lowest BCUT2D eigenvalue weighted by molar-refractivity contribution is -0.151. The van der Waals surface area contributed by atoms with Gasteiger partial charge in [0.2, 0.25) is 11.8 Å². The second-order valence-corrected chi connectivity index (χ2v) is 9.34. The maximum atomic E-state index is 13.8. The second-order valence-electron chi connectivity index (χ2n) is 9.34. The molecule has 1 aliphatic heterocycles. The van der Waals surface area contributed by atoms with Crippen LogP contribution in [-0.2, 0) is 14.3 Å². The van der Waals surface area contributed by atoms with E-state index in [1.807, 2.05) is 65.6 Å². The summed E-state index contributed by atoms with van der Waals surface area (Å²) in [6, 6.07) is 23.5. The Balaban J connectivity index is 1.46. The molecular weight excluding hydrogens is 470 g/mol. The Bertz CT molecular complexity index is 1230. The van der Waals surface area contributed by atoms with Gasteiger partial charge in [0.1, 0.15) is 11.5 Å². The quantitative estimate of drug-likeness (QED) is 0.356. The molecule has 2 amide bonds. The molecule has 5 rings (SSSR count). The van der Waals surface area contributed by atoms with E-state index in [1.54, 1.807) is 0 Å². The normalized spacial score (nSPS) is 23.4. The van der Waals surface area contributed by atoms with Crippen LogP contribution >= 0.6 is 0 Å². The first-order valence-corrected chi connectivity index (χ1v) is 12.4. The van der Waals surface area contributed by atoms with Crippen molar-refractivity contribution in [3.05, 3.63) is 95.6 Å². The first-order chi connectivity index (χ1) is 18.0. The van der Waals surface area contributed by atoms with Gasteiger partial charge in [-0.05, 0) is 23.3 Å². The number of aromatic hydroxyl groups is 2. The van der Waals surface area contributed by atoms with Crippen molar-refractivity contribution in [2.45, 2.75) is 11.8 Å². The van der Waals surface area contributed by atoms with Crippen molar-refractivity contribution in [3.63, 3.8) is 0 Å². The minimum atomic E-state index is -0.523. The number of amides is 2. The van der Waals surface area contributed by atoms with Crippen LogP contribution in [-0.4, -0.2) is 59.4 Å². The number of phenols is 2. The lowest BCUT2D eigenvalue weighted by atomic mass is 9.51. The molecule has 3 N–H and O–H groups in total. The van der Waals surface area contributed by atoms with Crippen LogP contribution in [0.5, 0.6) is 11.5 Å². The fourth-order valence-corrected chi connectivity index (χ4v) is 5.44. The van der Waals surface area contributed by atoms with Crippen molar-refractivity contribution >= 4 is 18.0 Å². The lowest BCUT2D eigenvalue weighted by Crippen LogP contribution is -2.57. The summed E-state index contributed by atoms with van der Waals surface area (Å²) in [6.07, 6.45) is 1.33. The predicted octanol–water partition coefficient (Wildman–Crippen LogP) is 3.22. The first-order valence-electron chi connectivity index (χ1n) is 12.4. The van der Waals surface area contributed by atoms with Gasteiger partial charge < -0.3 is 19.8 Å². The smallest absolute Gasteiger partial charge is 0.244 e. The number of hydrogen-bond acceptors (Lipinski definition) is 6. The molecule has 0 bridgehead atoms. The van der Waals surface area contributed by atoms with E-state index in [2.05, 4.69) is 10.5 Å². The van der Waals surface area contributed by atoms with Gasteiger partial charge in [0, 0.05) is 36.6 Å². The number of nitrogens with one attached hydrogen (secondary N) is 1. The van der Waals surface area contributed by atoms with Crippen molar-refractivity contribution in [1.82, 2.24) is 10.3 Å². The predicted molar refractivity (Wildman–Crippen MR) is 138 cm³/mol. The summed E-state index contributed by atoms with van der Waals surface area (Å²) in [5.74, 6) is -2.05. The van der Waals surface area contributed by atoms with Gasteiger partial charge in [0.25, 0.3) is 0 Å². The highest BCUT2D eigenvalue weighted by atomic mass is 16.5. The highest BCUT2D eigenvalue weighted by Gasteiger charge is 2.58. The summed E-state index contributed by atoms with van der Waals surface area (Å²) in [4.78, 5) is 29.3. The third kappa shape index (κ3) is 5.06. The maximum absolute atomic E-state index is 13.8. The van der Waals surface area contributed by atoms with E-state index in [4.69, 9.17) is 4.74 Å². The molecule has 3 aromatic carbocycles. The zero-order chi connectivity index (χ0) is 25.8. The van der Waals surface area contributed by atoms with Gasteiger partial charge >= 0.3 is 0 Å². The molecule has 8 nitrogen and oxygen atoms in total. The van der Waals surface area contributed by atoms with Crippen LogP contribution in [0.3, 0.4) is 0 Å². The number of morpholine rings is 1. The average molecular weight is 500 g/mol. The van der Waals surface area contributed by atoms with Crippen LogP contribution in [0, 0.1) is 11.8 Å². The van der Waals surface area contributed by atoms with Gasteiger partial charge in [0.15, 0.2) is 0 Å². The number of phenolic OH excluding ortho intramolecular Hbond substituents is 2. The number of hydrogen-bond donors (Lipinski definition) is 3. The first kappa shape index (κ1) is 24.5. The summed E-state index contributed by atoms with van der Waals surface area (Å²) in [5, 5.41) is 23.6. The van der Waals surface area contributed by atoms with E-state index in [1.165, 1.54) is 24.4 Å². The molecule has 1 heterocycles. The maximum Gasteiger partial charge on any atom is 0.244 e. The van der Waals surface area contributed by atoms with Gasteiger partial charge in [-0.25, -0.2) is 5.43 Å². The van der Waals surface area contributed by atoms with Crippen LogP contribution in [0.25, 0.3) is 0 Å². The van der Waals surface area contributed by atoms with Crippen molar-refractivity contribution < 1.29 is 24.5 Å². The topological polar surface area (TPSA) is 111 Å². The molecule has 2 aliphatic rings. The average Bonchev–Trinajstić information content (AvgIpc) is 2.91. The summed E-state index contributed by atoms with van der Waals surface area (Å²) < 4.78 is 5.45. The third-order valence-corrected chi connectivity index (χ3v) is 7.22. The number of benzene rings is 3. The standard InChI is InChI=1S/C29H29N3O5/c33-22-12-11-21(23(34)17-22)18-30-31-28(35)26-24(19-7-3-1-4-8-19)27(25(26)20-9-5-2-6-10-20)29(36)32-13-15-37-16-14-32/h1-12,17-18,24-27,33-34H,13-16H2,(H,31,35)/b30-18-/t24-,25-,26?,27?/m1/s1. The number of carbonyl (C=O) groups excluding carboxylic acids is 2. The molecule has 0 radical (unpaired) electrons. The van der Waals surface area contributed by atoms with Crippen LogP contribution in [0.1, 0.15) is 28.5 Å². The number of carbonyl (C=O) groups is 2. The molecule has 0 unspecified atom stereocenters. The molecule has 37 heavy (non-hydrogen) atoms. The van der Waals surface area contributed by atoms with Gasteiger partial charge in [0.05, 0.1) is 31.3 Å². The Kier molecular flexibility index (Phi) is 7.18. The molecule has 1 saturated heterocycles. The molecule has 0 spiro atoms. The van der Waals surface area contributed by atoms with E-state index < -0.39 is 11.8 Å². The third-order valence-electron chi connectivity index (χ3n) is 7.22. The highest BCUT2D eigenvalue weighted by molar-refractivity contribution is 5.91. The Labute approximate surface area is 215 Å². The number of rotatable bonds is 6. The van der Waals surface area contributed by atoms with Crippen LogP contribution < -0.4 is 5.43 Å². The zero-order valence-corrected chi connectivity index (χ0v) is 20.2. The minimum absolute atomic E-state index is 0.0348. The van der Waals surface area contributed by atoms with E-state index in [0.29, 0.717) is 31.9 Å². The molecule has 8 heteroatoms. The number of nitrogens with zero attached hydrogens (tertiary/aromatic N) is 2. The van der Waals surface area contributed by atoms with Crippen LogP contribution in [0.15, 0.2) is 84.0 Å². The van der Waals surface area contributed by atoms with Crippen LogP contribution in [0.2, 0.25) is 0 Å². The van der Waals surface area contributed by atoms with Gasteiger partial charge in [-0.1, -0.05) is 60.7 Å². The van der Waals surface area contributed by atoms with Crippen molar-refractivity contribution in [1.29, 1.82) is 0 Å². The monoisotopic (exact) mass is 499 g/mol. The second kappa shape index (κ2) is 10.8. The van der Waals surface area contributed by atoms with Gasteiger partial charge in [-0.2, -0.15) is 5.10 Å². The van der Waals surface area contributed by atoms with E-state index in [-0.39, 0.29) is 35.1 Å². The SMILES string of the molecule is O=C(N/N=C\c1ccc(O)cc1O)C1[C@@H](c2ccccc2)C(C(=O)N2CCOCC2)[C@@H]1c1ccccc1. The molecule has 2 atom stereocenters. The lowest BCUT2D eigenvalue weighted by Gasteiger charge is -2.52. The molecule has 1 saturated carbocycles. The Hall–Kier alpha value is -4.17.